The molecule has 0 radical (unpaired) electrons. The van der Waals surface area contributed by atoms with Gasteiger partial charge in [-0.1, -0.05) is 18.2 Å². The maximum Gasteiger partial charge on any atom is 0.309 e. The molecule has 0 aromatic heterocycles. The number of nitrogens with zero attached hydrogens (tertiary/aromatic N) is 2. The van der Waals surface area contributed by atoms with Crippen molar-refractivity contribution < 1.29 is 27.1 Å². The Hall–Kier alpha value is -2.94. The van der Waals surface area contributed by atoms with Crippen molar-refractivity contribution in [3.05, 3.63) is 65.5 Å². The van der Waals surface area contributed by atoms with Gasteiger partial charge in [-0.2, -0.15) is 0 Å². The van der Waals surface area contributed by atoms with Crippen LogP contribution >= 0.6 is 0 Å². The largest absolute Gasteiger partial charge is 0.466 e. The number of carbonyl (C=O) groups is 2. The number of hydrogen-bond acceptors (Lipinski definition) is 5. The molecule has 0 unspecified atom stereocenters. The first-order chi connectivity index (χ1) is 15.2. The van der Waals surface area contributed by atoms with Crippen LogP contribution in [0.5, 0.6) is 0 Å². The third-order valence-electron chi connectivity index (χ3n) is 5.48. The average Bonchev–Trinajstić information content (AvgIpc) is 2.78. The van der Waals surface area contributed by atoms with Gasteiger partial charge in [-0.25, -0.2) is 12.8 Å². The summed E-state index contributed by atoms with van der Waals surface area (Å²) in [5.74, 6) is -1.08. The highest BCUT2D eigenvalue weighted by molar-refractivity contribution is 7.92. The van der Waals surface area contributed by atoms with Gasteiger partial charge in [-0.05, 0) is 50.1 Å². The standard InChI is InChI=1S/C23H27FN2O5S/c1-3-31-23(28)18-12-14-25(15-13-18)22(27)17-8-10-20(11-9-17)26(32(2,29)30)16-19-6-4-5-7-21(19)24/h4-11,18H,3,12-16H2,1-2H3. The molecule has 0 bridgehead atoms. The lowest BCUT2D eigenvalue weighted by molar-refractivity contribution is -0.149. The molecule has 2 aromatic rings. The van der Waals surface area contributed by atoms with Gasteiger partial charge in [-0.3, -0.25) is 13.9 Å². The second kappa shape index (κ2) is 10.1. The van der Waals surface area contributed by atoms with Crippen molar-refractivity contribution in [2.24, 2.45) is 5.92 Å². The molecule has 1 saturated heterocycles. The Morgan fingerprint density at radius 2 is 1.72 bits per heavy atom. The van der Waals surface area contributed by atoms with E-state index in [1.54, 1.807) is 48.2 Å². The number of carbonyl (C=O) groups excluding carboxylic acids is 2. The zero-order valence-corrected chi connectivity index (χ0v) is 19.0. The van der Waals surface area contributed by atoms with Gasteiger partial charge in [0.05, 0.1) is 31.0 Å². The molecule has 1 aliphatic rings. The Morgan fingerprint density at radius 1 is 1.09 bits per heavy atom. The van der Waals surface area contributed by atoms with Crippen molar-refractivity contribution in [2.75, 3.05) is 30.3 Å². The van der Waals surface area contributed by atoms with Gasteiger partial charge in [0, 0.05) is 24.2 Å². The van der Waals surface area contributed by atoms with E-state index >= 15 is 0 Å². The SMILES string of the molecule is CCOC(=O)C1CCN(C(=O)c2ccc(N(Cc3ccccc3F)S(C)(=O)=O)cc2)CC1. The molecule has 9 heteroatoms. The van der Waals surface area contributed by atoms with E-state index in [-0.39, 0.29) is 29.9 Å². The van der Waals surface area contributed by atoms with Crippen LogP contribution in [0, 0.1) is 11.7 Å². The van der Waals surface area contributed by atoms with E-state index in [9.17, 15) is 22.4 Å². The van der Waals surface area contributed by atoms with Crippen LogP contribution in [-0.2, 0) is 26.1 Å². The minimum Gasteiger partial charge on any atom is -0.466 e. The predicted octanol–water partition coefficient (Wildman–Crippen LogP) is 3.21. The lowest BCUT2D eigenvalue weighted by Crippen LogP contribution is -2.40. The number of sulfonamides is 1. The molecule has 1 heterocycles. The Morgan fingerprint density at radius 3 is 2.28 bits per heavy atom. The van der Waals surface area contributed by atoms with E-state index in [4.69, 9.17) is 4.74 Å². The maximum atomic E-state index is 14.0. The lowest BCUT2D eigenvalue weighted by Gasteiger charge is -2.31. The van der Waals surface area contributed by atoms with E-state index in [0.717, 1.165) is 10.6 Å². The van der Waals surface area contributed by atoms with Gasteiger partial charge in [0.25, 0.3) is 5.91 Å². The molecule has 3 rings (SSSR count). The van der Waals surface area contributed by atoms with Crippen molar-refractivity contribution in [1.29, 1.82) is 0 Å². The van der Waals surface area contributed by atoms with E-state index in [2.05, 4.69) is 0 Å². The quantitative estimate of drug-likeness (QED) is 0.590. The zero-order chi connectivity index (χ0) is 23.3. The number of likely N-dealkylation sites (tertiary alicyclic amines) is 1. The molecule has 0 saturated carbocycles. The van der Waals surface area contributed by atoms with Crippen molar-refractivity contribution in [3.63, 3.8) is 0 Å². The Bertz CT molecular complexity index is 1060. The minimum absolute atomic E-state index is 0.153. The van der Waals surface area contributed by atoms with Crippen molar-refractivity contribution >= 4 is 27.6 Å². The molecular formula is C23H27FN2O5S. The number of hydrogen-bond donors (Lipinski definition) is 0. The van der Waals surface area contributed by atoms with E-state index in [1.807, 2.05) is 0 Å². The van der Waals surface area contributed by atoms with Crippen LogP contribution in [0.3, 0.4) is 0 Å². The summed E-state index contributed by atoms with van der Waals surface area (Å²) < 4.78 is 44.9. The minimum atomic E-state index is -3.68. The molecule has 172 valence electrons. The molecule has 1 aliphatic heterocycles. The van der Waals surface area contributed by atoms with Gasteiger partial charge in [-0.15, -0.1) is 0 Å². The summed E-state index contributed by atoms with van der Waals surface area (Å²) in [6, 6.07) is 12.2. The summed E-state index contributed by atoms with van der Waals surface area (Å²) in [6.45, 7) is 2.85. The highest BCUT2D eigenvalue weighted by atomic mass is 32.2. The lowest BCUT2D eigenvalue weighted by atomic mass is 9.96. The first-order valence-electron chi connectivity index (χ1n) is 10.5. The van der Waals surface area contributed by atoms with Crippen LogP contribution in [0.4, 0.5) is 10.1 Å². The second-order valence-electron chi connectivity index (χ2n) is 7.73. The first-order valence-corrected chi connectivity index (χ1v) is 12.3. The monoisotopic (exact) mass is 462 g/mol. The number of ether oxygens (including phenoxy) is 1. The first kappa shape index (κ1) is 23.7. The van der Waals surface area contributed by atoms with Crippen LogP contribution in [0.15, 0.2) is 48.5 Å². The Balaban J connectivity index is 1.71. The summed E-state index contributed by atoms with van der Waals surface area (Å²) in [6.07, 6.45) is 2.15. The fourth-order valence-corrected chi connectivity index (χ4v) is 4.59. The third kappa shape index (κ3) is 5.64. The average molecular weight is 463 g/mol. The second-order valence-corrected chi connectivity index (χ2v) is 9.63. The summed E-state index contributed by atoms with van der Waals surface area (Å²) in [7, 11) is -3.68. The molecule has 1 fully saturated rings. The highest BCUT2D eigenvalue weighted by Gasteiger charge is 2.29. The van der Waals surface area contributed by atoms with Gasteiger partial charge in [0.1, 0.15) is 5.82 Å². The molecule has 0 atom stereocenters. The number of amides is 1. The van der Waals surface area contributed by atoms with Crippen LogP contribution in [-0.4, -0.2) is 51.1 Å². The van der Waals surface area contributed by atoms with E-state index < -0.39 is 15.8 Å². The topological polar surface area (TPSA) is 84.0 Å². The summed E-state index contributed by atoms with van der Waals surface area (Å²) in [5, 5.41) is 0. The molecule has 7 nitrogen and oxygen atoms in total. The zero-order valence-electron chi connectivity index (χ0n) is 18.2. The molecule has 0 aliphatic carbocycles. The number of anilines is 1. The molecule has 32 heavy (non-hydrogen) atoms. The molecule has 0 N–H and O–H groups in total. The maximum absolute atomic E-state index is 14.0. The smallest absolute Gasteiger partial charge is 0.309 e. The fourth-order valence-electron chi connectivity index (χ4n) is 3.71. The van der Waals surface area contributed by atoms with Gasteiger partial charge < -0.3 is 9.64 Å². The Kier molecular flexibility index (Phi) is 7.50. The van der Waals surface area contributed by atoms with Crippen LogP contribution < -0.4 is 4.31 Å². The van der Waals surface area contributed by atoms with Gasteiger partial charge in [0.2, 0.25) is 10.0 Å². The number of esters is 1. The van der Waals surface area contributed by atoms with Gasteiger partial charge in [0.15, 0.2) is 0 Å². The van der Waals surface area contributed by atoms with Crippen LogP contribution in [0.2, 0.25) is 0 Å². The predicted molar refractivity (Wildman–Crippen MR) is 119 cm³/mol. The fraction of sp³-hybridized carbons (Fsp3) is 0.391. The van der Waals surface area contributed by atoms with Crippen molar-refractivity contribution in [2.45, 2.75) is 26.3 Å². The molecular weight excluding hydrogens is 435 g/mol. The van der Waals surface area contributed by atoms with Crippen molar-refractivity contribution in [1.82, 2.24) is 4.90 Å². The summed E-state index contributed by atoms with van der Waals surface area (Å²) >= 11 is 0. The highest BCUT2D eigenvalue weighted by Crippen LogP contribution is 2.24. The van der Waals surface area contributed by atoms with Gasteiger partial charge >= 0.3 is 5.97 Å². The summed E-state index contributed by atoms with van der Waals surface area (Å²) in [5.41, 5.74) is 1.01. The number of rotatable bonds is 7. The normalized spacial score (nSPS) is 14.8. The van der Waals surface area contributed by atoms with E-state index in [0.29, 0.717) is 43.8 Å². The number of halogens is 1. The summed E-state index contributed by atoms with van der Waals surface area (Å²) in [4.78, 5) is 26.4. The Labute approximate surface area is 187 Å². The molecule has 2 aromatic carbocycles. The number of piperidine rings is 1. The van der Waals surface area contributed by atoms with Crippen LogP contribution in [0.25, 0.3) is 0 Å². The molecule has 1 amide bonds. The number of benzene rings is 2. The van der Waals surface area contributed by atoms with Crippen LogP contribution in [0.1, 0.15) is 35.7 Å². The van der Waals surface area contributed by atoms with E-state index in [1.165, 1.54) is 12.1 Å². The third-order valence-corrected chi connectivity index (χ3v) is 6.62. The molecule has 0 spiro atoms. The van der Waals surface area contributed by atoms with Crippen molar-refractivity contribution in [3.8, 4) is 0 Å².